The predicted molar refractivity (Wildman–Crippen MR) is 89.5 cm³/mol. The predicted octanol–water partition coefficient (Wildman–Crippen LogP) is 2.64. The third-order valence-corrected chi connectivity index (χ3v) is 4.62. The molecule has 0 bridgehead atoms. The molecule has 1 aromatic carbocycles. The number of amides is 1. The largest absolute Gasteiger partial charge is 0.349 e. The zero-order chi connectivity index (χ0) is 16.9. The Labute approximate surface area is 141 Å². The molecule has 6 heteroatoms. The minimum atomic E-state index is -0.263. The van der Waals surface area contributed by atoms with Crippen molar-refractivity contribution in [2.45, 2.75) is 32.4 Å². The summed E-state index contributed by atoms with van der Waals surface area (Å²) in [6.45, 7) is 4.51. The minimum Gasteiger partial charge on any atom is -0.349 e. The van der Waals surface area contributed by atoms with Crippen LogP contribution in [0.4, 0.5) is 4.39 Å². The number of benzene rings is 1. The molecule has 1 aromatic heterocycles. The first-order chi connectivity index (χ1) is 11.6. The zero-order valence-corrected chi connectivity index (χ0v) is 13.8. The van der Waals surface area contributed by atoms with Crippen LogP contribution in [0.25, 0.3) is 0 Å². The molecule has 1 amide bonds. The van der Waals surface area contributed by atoms with Gasteiger partial charge in [-0.25, -0.2) is 9.37 Å². The van der Waals surface area contributed by atoms with E-state index in [0.29, 0.717) is 0 Å². The summed E-state index contributed by atoms with van der Waals surface area (Å²) < 4.78 is 13.0. The highest BCUT2D eigenvalue weighted by Crippen LogP contribution is 2.20. The van der Waals surface area contributed by atoms with Crippen molar-refractivity contribution in [2.75, 3.05) is 13.1 Å². The molecule has 0 saturated carbocycles. The van der Waals surface area contributed by atoms with Gasteiger partial charge in [-0.1, -0.05) is 12.1 Å². The van der Waals surface area contributed by atoms with E-state index in [1.807, 2.05) is 13.1 Å². The van der Waals surface area contributed by atoms with E-state index in [0.717, 1.165) is 43.9 Å². The SMILES string of the molecule is CC(NC(=O)C1CCN(Cc2ncc[nH]2)CC1)c1ccc(F)cc1. The molecule has 1 fully saturated rings. The molecule has 1 aliphatic heterocycles. The molecule has 2 heterocycles. The number of H-pyrrole nitrogens is 1. The molecule has 128 valence electrons. The number of carbonyl (C=O) groups is 1. The number of aromatic amines is 1. The van der Waals surface area contributed by atoms with Crippen LogP contribution in [0.2, 0.25) is 0 Å². The maximum atomic E-state index is 13.0. The van der Waals surface area contributed by atoms with Gasteiger partial charge in [-0.15, -0.1) is 0 Å². The number of piperidine rings is 1. The van der Waals surface area contributed by atoms with Gasteiger partial charge in [0, 0.05) is 18.3 Å². The summed E-state index contributed by atoms with van der Waals surface area (Å²) in [6.07, 6.45) is 5.28. The van der Waals surface area contributed by atoms with Crippen LogP contribution in [0.1, 0.15) is 37.2 Å². The molecule has 5 nitrogen and oxygen atoms in total. The number of hydrogen-bond donors (Lipinski definition) is 2. The van der Waals surface area contributed by atoms with Crippen LogP contribution >= 0.6 is 0 Å². The average molecular weight is 330 g/mol. The Balaban J connectivity index is 1.47. The third kappa shape index (κ3) is 4.20. The van der Waals surface area contributed by atoms with Crippen molar-refractivity contribution >= 4 is 5.91 Å². The summed E-state index contributed by atoms with van der Waals surface area (Å²) in [5.41, 5.74) is 0.917. The Morgan fingerprint density at radius 3 is 2.71 bits per heavy atom. The smallest absolute Gasteiger partial charge is 0.223 e. The summed E-state index contributed by atoms with van der Waals surface area (Å²) >= 11 is 0. The van der Waals surface area contributed by atoms with Gasteiger partial charge in [-0.2, -0.15) is 0 Å². The van der Waals surface area contributed by atoms with Gasteiger partial charge in [-0.3, -0.25) is 9.69 Å². The molecule has 0 spiro atoms. The molecular weight excluding hydrogens is 307 g/mol. The van der Waals surface area contributed by atoms with Crippen LogP contribution in [0.15, 0.2) is 36.7 Å². The molecule has 2 N–H and O–H groups in total. The summed E-state index contributed by atoms with van der Waals surface area (Å²) in [7, 11) is 0. The van der Waals surface area contributed by atoms with Gasteiger partial charge in [0.25, 0.3) is 0 Å². The highest BCUT2D eigenvalue weighted by Gasteiger charge is 2.26. The number of imidazole rings is 1. The Hall–Kier alpha value is -2.21. The maximum absolute atomic E-state index is 13.0. The summed E-state index contributed by atoms with van der Waals surface area (Å²) in [6, 6.07) is 6.16. The van der Waals surface area contributed by atoms with Gasteiger partial charge in [-0.05, 0) is 50.6 Å². The lowest BCUT2D eigenvalue weighted by atomic mass is 9.95. The molecule has 3 rings (SSSR count). The van der Waals surface area contributed by atoms with E-state index in [-0.39, 0.29) is 23.7 Å². The first-order valence-corrected chi connectivity index (χ1v) is 8.38. The molecular formula is C18H23FN4O. The maximum Gasteiger partial charge on any atom is 0.223 e. The topological polar surface area (TPSA) is 61.0 Å². The quantitative estimate of drug-likeness (QED) is 0.886. The Morgan fingerprint density at radius 1 is 1.38 bits per heavy atom. The first kappa shape index (κ1) is 16.6. The van der Waals surface area contributed by atoms with Gasteiger partial charge in [0.1, 0.15) is 11.6 Å². The molecule has 0 aliphatic carbocycles. The number of nitrogens with one attached hydrogen (secondary N) is 2. The van der Waals surface area contributed by atoms with Gasteiger partial charge in [0.2, 0.25) is 5.91 Å². The summed E-state index contributed by atoms with van der Waals surface area (Å²) in [5, 5.41) is 3.05. The van der Waals surface area contributed by atoms with E-state index in [2.05, 4.69) is 20.2 Å². The molecule has 1 unspecified atom stereocenters. The molecule has 2 aromatic rings. The summed E-state index contributed by atoms with van der Waals surface area (Å²) in [5.74, 6) is 0.828. The fourth-order valence-corrected chi connectivity index (χ4v) is 3.12. The molecule has 1 atom stereocenters. The second kappa shape index (κ2) is 7.57. The van der Waals surface area contributed by atoms with Crippen LogP contribution in [0, 0.1) is 11.7 Å². The lowest BCUT2D eigenvalue weighted by Crippen LogP contribution is -2.41. The monoisotopic (exact) mass is 330 g/mol. The molecule has 1 aliphatic rings. The van der Waals surface area contributed by atoms with Crippen molar-refractivity contribution in [3.63, 3.8) is 0 Å². The van der Waals surface area contributed by atoms with E-state index >= 15 is 0 Å². The van der Waals surface area contributed by atoms with Crippen molar-refractivity contribution in [3.05, 3.63) is 53.9 Å². The Bertz CT molecular complexity index is 648. The van der Waals surface area contributed by atoms with Crippen LogP contribution in [0.3, 0.4) is 0 Å². The van der Waals surface area contributed by atoms with Gasteiger partial charge < -0.3 is 10.3 Å². The fraction of sp³-hybridized carbons (Fsp3) is 0.444. The third-order valence-electron chi connectivity index (χ3n) is 4.62. The number of rotatable bonds is 5. The highest BCUT2D eigenvalue weighted by molar-refractivity contribution is 5.79. The second-order valence-electron chi connectivity index (χ2n) is 6.37. The van der Waals surface area contributed by atoms with E-state index < -0.39 is 0 Å². The Kier molecular flexibility index (Phi) is 5.25. The molecule has 0 radical (unpaired) electrons. The number of halogens is 1. The van der Waals surface area contributed by atoms with E-state index in [1.54, 1.807) is 18.3 Å². The number of carbonyl (C=O) groups excluding carboxylic acids is 1. The number of likely N-dealkylation sites (tertiary alicyclic amines) is 1. The molecule has 24 heavy (non-hydrogen) atoms. The number of aromatic nitrogens is 2. The van der Waals surface area contributed by atoms with Gasteiger partial charge in [0.05, 0.1) is 12.6 Å². The first-order valence-electron chi connectivity index (χ1n) is 8.38. The van der Waals surface area contributed by atoms with Crippen molar-refractivity contribution in [2.24, 2.45) is 5.92 Å². The van der Waals surface area contributed by atoms with E-state index in [4.69, 9.17) is 0 Å². The van der Waals surface area contributed by atoms with Crippen molar-refractivity contribution in [1.82, 2.24) is 20.2 Å². The standard InChI is InChI=1S/C18H23FN4O/c1-13(14-2-4-16(19)5-3-14)22-18(24)15-6-10-23(11-7-15)12-17-20-8-9-21-17/h2-5,8-9,13,15H,6-7,10-12H2,1H3,(H,20,21)(H,22,24). The van der Waals surface area contributed by atoms with E-state index in [9.17, 15) is 9.18 Å². The highest BCUT2D eigenvalue weighted by atomic mass is 19.1. The van der Waals surface area contributed by atoms with Gasteiger partial charge in [0.15, 0.2) is 0 Å². The van der Waals surface area contributed by atoms with E-state index in [1.165, 1.54) is 12.1 Å². The van der Waals surface area contributed by atoms with Crippen LogP contribution in [-0.2, 0) is 11.3 Å². The Morgan fingerprint density at radius 2 is 2.08 bits per heavy atom. The summed E-state index contributed by atoms with van der Waals surface area (Å²) in [4.78, 5) is 22.1. The zero-order valence-electron chi connectivity index (χ0n) is 13.8. The second-order valence-corrected chi connectivity index (χ2v) is 6.37. The van der Waals surface area contributed by atoms with Crippen LogP contribution in [0.5, 0.6) is 0 Å². The van der Waals surface area contributed by atoms with Gasteiger partial charge >= 0.3 is 0 Å². The normalized spacial score (nSPS) is 17.6. The number of nitrogens with zero attached hydrogens (tertiary/aromatic N) is 2. The van der Waals surface area contributed by atoms with Crippen LogP contribution < -0.4 is 5.32 Å². The van der Waals surface area contributed by atoms with Crippen LogP contribution in [-0.4, -0.2) is 33.9 Å². The molecule has 1 saturated heterocycles. The fourth-order valence-electron chi connectivity index (χ4n) is 3.12. The lowest BCUT2D eigenvalue weighted by Gasteiger charge is -2.31. The average Bonchev–Trinajstić information content (AvgIpc) is 3.09. The van der Waals surface area contributed by atoms with Crippen molar-refractivity contribution in [3.8, 4) is 0 Å². The number of hydrogen-bond acceptors (Lipinski definition) is 3. The lowest BCUT2D eigenvalue weighted by molar-refractivity contribution is -0.127. The van der Waals surface area contributed by atoms with Crippen molar-refractivity contribution < 1.29 is 9.18 Å². The van der Waals surface area contributed by atoms with Crippen molar-refractivity contribution in [1.29, 1.82) is 0 Å². The minimum absolute atomic E-state index is 0.0424.